The van der Waals surface area contributed by atoms with Crippen molar-refractivity contribution in [3.8, 4) is 22.8 Å². The van der Waals surface area contributed by atoms with E-state index in [4.69, 9.17) is 9.15 Å². The van der Waals surface area contributed by atoms with Crippen LogP contribution in [0, 0.1) is 0 Å². The number of allylic oxidation sites excluding steroid dienone is 1. The summed E-state index contributed by atoms with van der Waals surface area (Å²) in [5.74, 6) is 1.89. The smallest absolute Gasteiger partial charge is 0.138 e. The summed E-state index contributed by atoms with van der Waals surface area (Å²) >= 11 is 0. The minimum Gasteiger partial charge on any atom is -0.508 e. The molecular weight excluding hydrogens is 252 g/mol. The molecule has 0 radical (unpaired) electrons. The van der Waals surface area contributed by atoms with Gasteiger partial charge in [-0.3, -0.25) is 0 Å². The van der Waals surface area contributed by atoms with E-state index in [-0.39, 0.29) is 5.75 Å². The Labute approximate surface area is 115 Å². The number of furan rings is 1. The third kappa shape index (κ3) is 1.75. The average Bonchev–Trinajstić information content (AvgIpc) is 2.88. The quantitative estimate of drug-likeness (QED) is 0.714. The Hall–Kier alpha value is -2.68. The minimum absolute atomic E-state index is 0.250. The molecule has 1 aromatic heterocycles. The van der Waals surface area contributed by atoms with Gasteiger partial charge in [0.2, 0.25) is 0 Å². The summed E-state index contributed by atoms with van der Waals surface area (Å²) in [6.07, 6.45) is 4.58. The monoisotopic (exact) mass is 264 g/mol. The first-order chi connectivity index (χ1) is 9.79. The maximum absolute atomic E-state index is 9.33. The Morgan fingerprint density at radius 1 is 1.00 bits per heavy atom. The Morgan fingerprint density at radius 3 is 2.70 bits per heavy atom. The largest absolute Gasteiger partial charge is 0.508 e. The molecule has 1 aliphatic rings. The van der Waals surface area contributed by atoms with Crippen LogP contribution in [0.3, 0.4) is 0 Å². The molecule has 0 atom stereocenters. The highest BCUT2D eigenvalue weighted by Crippen LogP contribution is 2.34. The van der Waals surface area contributed by atoms with E-state index in [1.807, 2.05) is 30.3 Å². The van der Waals surface area contributed by atoms with Crippen molar-refractivity contribution in [1.29, 1.82) is 0 Å². The van der Waals surface area contributed by atoms with Gasteiger partial charge in [0.05, 0.1) is 6.26 Å². The maximum atomic E-state index is 9.33. The van der Waals surface area contributed by atoms with Crippen molar-refractivity contribution >= 4 is 11.0 Å². The van der Waals surface area contributed by atoms with E-state index in [2.05, 4.69) is 6.07 Å². The number of rotatable bonds is 1. The lowest BCUT2D eigenvalue weighted by molar-refractivity contribution is 0.464. The van der Waals surface area contributed by atoms with E-state index in [1.54, 1.807) is 18.4 Å². The summed E-state index contributed by atoms with van der Waals surface area (Å²) in [7, 11) is 0. The molecular formula is C17H12O3. The van der Waals surface area contributed by atoms with Crippen LogP contribution in [0.25, 0.3) is 22.3 Å². The molecule has 0 spiro atoms. The molecule has 1 N–H and O–H groups in total. The molecule has 98 valence electrons. The van der Waals surface area contributed by atoms with Crippen LogP contribution in [0.5, 0.6) is 11.5 Å². The molecule has 0 unspecified atom stereocenters. The highest BCUT2D eigenvalue weighted by molar-refractivity contribution is 5.85. The van der Waals surface area contributed by atoms with E-state index >= 15 is 0 Å². The number of fused-ring (bicyclic) bond motifs is 2. The van der Waals surface area contributed by atoms with Crippen LogP contribution in [0.1, 0.15) is 5.56 Å². The number of phenols is 1. The first-order valence-electron chi connectivity index (χ1n) is 6.47. The number of phenolic OH excluding ortho intramolecular Hbond substituents is 1. The third-order valence-corrected chi connectivity index (χ3v) is 3.48. The molecule has 0 aliphatic carbocycles. The number of hydrogen-bond acceptors (Lipinski definition) is 3. The Morgan fingerprint density at radius 2 is 1.85 bits per heavy atom. The number of ether oxygens (including phenoxy) is 1. The molecule has 0 fully saturated rings. The van der Waals surface area contributed by atoms with E-state index in [0.717, 1.165) is 40.0 Å². The number of aromatic hydroxyl groups is 1. The van der Waals surface area contributed by atoms with Gasteiger partial charge in [0.1, 0.15) is 22.8 Å². The van der Waals surface area contributed by atoms with Gasteiger partial charge in [-0.25, -0.2) is 0 Å². The van der Waals surface area contributed by atoms with Gasteiger partial charge in [0, 0.05) is 17.0 Å². The van der Waals surface area contributed by atoms with Crippen molar-refractivity contribution in [1.82, 2.24) is 0 Å². The van der Waals surface area contributed by atoms with Crippen LogP contribution in [0.15, 0.2) is 59.2 Å². The van der Waals surface area contributed by atoms with Crippen LogP contribution >= 0.6 is 0 Å². The molecule has 2 heterocycles. The van der Waals surface area contributed by atoms with Crippen LogP contribution in [0.4, 0.5) is 0 Å². The van der Waals surface area contributed by atoms with Crippen LogP contribution in [0.2, 0.25) is 0 Å². The third-order valence-electron chi connectivity index (χ3n) is 3.48. The van der Waals surface area contributed by atoms with E-state index < -0.39 is 0 Å². The van der Waals surface area contributed by atoms with Crippen molar-refractivity contribution in [3.05, 3.63) is 60.4 Å². The second kappa shape index (κ2) is 4.17. The molecule has 3 nitrogen and oxygen atoms in total. The Balaban J connectivity index is 1.84. The van der Waals surface area contributed by atoms with Crippen LogP contribution < -0.4 is 4.74 Å². The van der Waals surface area contributed by atoms with Gasteiger partial charge in [0.15, 0.2) is 0 Å². The van der Waals surface area contributed by atoms with Gasteiger partial charge in [-0.15, -0.1) is 0 Å². The molecule has 3 aromatic rings. The first kappa shape index (κ1) is 11.2. The molecule has 20 heavy (non-hydrogen) atoms. The fraction of sp³-hybridized carbons (Fsp3) is 0.0588. The number of hydrogen-bond donors (Lipinski definition) is 1. The summed E-state index contributed by atoms with van der Waals surface area (Å²) in [5, 5.41) is 10.4. The molecule has 2 aromatic carbocycles. The van der Waals surface area contributed by atoms with Crippen LogP contribution in [-0.2, 0) is 6.42 Å². The standard InChI is InChI=1S/C17H12O3/c18-14-5-3-11(4-6-14)16-9-13-8-12-2-1-7-19-15(12)10-17(13)20-16/h1,3-10,18H,2H2. The van der Waals surface area contributed by atoms with Gasteiger partial charge in [-0.05, 0) is 54.5 Å². The summed E-state index contributed by atoms with van der Waals surface area (Å²) < 4.78 is 11.4. The fourth-order valence-corrected chi connectivity index (χ4v) is 2.45. The second-order valence-corrected chi connectivity index (χ2v) is 4.85. The van der Waals surface area contributed by atoms with Gasteiger partial charge in [0.25, 0.3) is 0 Å². The Bertz CT molecular complexity index is 765. The zero-order valence-corrected chi connectivity index (χ0v) is 10.7. The van der Waals surface area contributed by atoms with E-state index in [0.29, 0.717) is 0 Å². The summed E-state index contributed by atoms with van der Waals surface area (Å²) in [4.78, 5) is 0. The SMILES string of the molecule is Oc1ccc(-c2cc3cc4c(cc3o2)OC=CC4)cc1. The van der Waals surface area contributed by atoms with Crippen molar-refractivity contribution in [2.45, 2.75) is 6.42 Å². The second-order valence-electron chi connectivity index (χ2n) is 4.85. The summed E-state index contributed by atoms with van der Waals surface area (Å²) in [6.45, 7) is 0. The molecule has 1 aliphatic heterocycles. The zero-order valence-electron chi connectivity index (χ0n) is 10.7. The van der Waals surface area contributed by atoms with Gasteiger partial charge < -0.3 is 14.3 Å². The topological polar surface area (TPSA) is 42.6 Å². The van der Waals surface area contributed by atoms with E-state index in [1.165, 1.54) is 0 Å². The Kier molecular flexibility index (Phi) is 2.33. The maximum Gasteiger partial charge on any atom is 0.138 e. The molecule has 0 bridgehead atoms. The predicted octanol–water partition coefficient (Wildman–Crippen LogP) is 4.25. The lowest BCUT2D eigenvalue weighted by Gasteiger charge is -2.10. The highest BCUT2D eigenvalue weighted by Gasteiger charge is 2.12. The lowest BCUT2D eigenvalue weighted by Crippen LogP contribution is -1.95. The predicted molar refractivity (Wildman–Crippen MR) is 76.8 cm³/mol. The van der Waals surface area contributed by atoms with Crippen LogP contribution in [-0.4, -0.2) is 5.11 Å². The molecule has 3 heteroatoms. The fourth-order valence-electron chi connectivity index (χ4n) is 2.45. The highest BCUT2D eigenvalue weighted by atomic mass is 16.5. The first-order valence-corrected chi connectivity index (χ1v) is 6.47. The zero-order chi connectivity index (χ0) is 13.5. The lowest BCUT2D eigenvalue weighted by atomic mass is 10.1. The van der Waals surface area contributed by atoms with E-state index in [9.17, 15) is 5.11 Å². The normalized spacial score (nSPS) is 13.2. The molecule has 0 saturated heterocycles. The minimum atomic E-state index is 0.250. The van der Waals surface area contributed by atoms with Gasteiger partial charge >= 0.3 is 0 Å². The number of benzene rings is 2. The summed E-state index contributed by atoms with van der Waals surface area (Å²) in [5.41, 5.74) is 2.91. The van der Waals surface area contributed by atoms with Crippen molar-refractivity contribution < 1.29 is 14.3 Å². The molecule has 0 saturated carbocycles. The molecule has 4 rings (SSSR count). The van der Waals surface area contributed by atoms with Crippen molar-refractivity contribution in [2.75, 3.05) is 0 Å². The molecule has 0 amide bonds. The van der Waals surface area contributed by atoms with Gasteiger partial charge in [-0.2, -0.15) is 0 Å². The van der Waals surface area contributed by atoms with Gasteiger partial charge in [-0.1, -0.05) is 0 Å². The average molecular weight is 264 g/mol. The van der Waals surface area contributed by atoms with Crippen molar-refractivity contribution in [3.63, 3.8) is 0 Å². The van der Waals surface area contributed by atoms with Crippen molar-refractivity contribution in [2.24, 2.45) is 0 Å². The summed E-state index contributed by atoms with van der Waals surface area (Å²) in [6, 6.07) is 13.0.